The molecule has 0 saturated carbocycles. The first kappa shape index (κ1) is 20.0. The van der Waals surface area contributed by atoms with E-state index in [2.05, 4.69) is 0 Å². The van der Waals surface area contributed by atoms with E-state index in [1.807, 2.05) is 6.07 Å². The summed E-state index contributed by atoms with van der Waals surface area (Å²) in [6.07, 6.45) is -0.229. The molecule has 0 spiro atoms. The summed E-state index contributed by atoms with van der Waals surface area (Å²) in [4.78, 5) is 38.5. The fourth-order valence-electron chi connectivity index (χ4n) is 3.94. The van der Waals surface area contributed by atoms with Crippen LogP contribution in [-0.2, 0) is 4.79 Å². The highest BCUT2D eigenvalue weighted by atomic mass is 35.5. The van der Waals surface area contributed by atoms with Crippen LogP contribution in [0.4, 0.5) is 0 Å². The first-order chi connectivity index (χ1) is 15.4. The number of hydrogen-bond acceptors (Lipinski definition) is 6. The molecule has 6 nitrogen and oxygen atoms in total. The quantitative estimate of drug-likeness (QED) is 0.267. The van der Waals surface area contributed by atoms with Crippen molar-refractivity contribution in [2.45, 2.75) is 12.3 Å². The number of Topliss-reactive ketones (excluding diaryl/α,β-unsaturated/α-hetero) is 1. The first-order valence-electron chi connectivity index (χ1n) is 9.82. The van der Waals surface area contributed by atoms with E-state index in [0.717, 1.165) is 0 Å². The number of carbonyl (C=O) groups excluding carboxylic acids is 2. The predicted octanol–water partition coefficient (Wildman–Crippen LogP) is 5.09. The SMILES string of the molecule is O=C1C[C@@H](C(=O)c2ccc(Cl)cc2)c2c(cc(O)c3c(=O)cc(-c4ccccc4)oc23)O1. The molecule has 0 unspecified atom stereocenters. The standard InChI is InChI=1S/C25H15ClO6/c26-15-8-6-14(7-9-15)24(30)16-10-21(29)31-20-12-18(28)23-17(27)11-19(32-25(23)22(16)20)13-4-2-1-3-5-13/h1-9,11-12,16,28H,10H2/t16-/m1/s1. The Morgan fingerprint density at radius 1 is 1.00 bits per heavy atom. The van der Waals surface area contributed by atoms with Gasteiger partial charge < -0.3 is 14.3 Å². The number of phenolic OH excluding ortho intramolecular Hbond substituents is 1. The summed E-state index contributed by atoms with van der Waals surface area (Å²) in [6, 6.07) is 17.7. The third kappa shape index (κ3) is 3.35. The Balaban J connectivity index is 1.77. The third-order valence-electron chi connectivity index (χ3n) is 5.43. The molecule has 1 N–H and O–H groups in total. The molecule has 32 heavy (non-hydrogen) atoms. The number of ketones is 1. The van der Waals surface area contributed by atoms with Gasteiger partial charge in [0, 0.05) is 28.3 Å². The molecule has 1 aliphatic rings. The highest BCUT2D eigenvalue weighted by Crippen LogP contribution is 2.44. The van der Waals surface area contributed by atoms with Crippen molar-refractivity contribution in [2.75, 3.05) is 0 Å². The molecule has 0 amide bonds. The zero-order valence-corrected chi connectivity index (χ0v) is 17.3. The van der Waals surface area contributed by atoms with Gasteiger partial charge in [0.1, 0.15) is 28.2 Å². The normalized spacial score (nSPS) is 15.3. The van der Waals surface area contributed by atoms with Gasteiger partial charge in [-0.3, -0.25) is 14.4 Å². The van der Waals surface area contributed by atoms with E-state index in [4.69, 9.17) is 20.8 Å². The van der Waals surface area contributed by atoms with Gasteiger partial charge in [0.25, 0.3) is 0 Å². The number of carbonyl (C=O) groups is 2. The van der Waals surface area contributed by atoms with Gasteiger partial charge in [0.05, 0.1) is 17.9 Å². The molecule has 0 aliphatic carbocycles. The third-order valence-corrected chi connectivity index (χ3v) is 5.68. The summed E-state index contributed by atoms with van der Waals surface area (Å²) in [5.74, 6) is -2.05. The van der Waals surface area contributed by atoms with Gasteiger partial charge in [-0.05, 0) is 24.3 Å². The average Bonchev–Trinajstić information content (AvgIpc) is 2.78. The first-order valence-corrected chi connectivity index (χ1v) is 10.2. The van der Waals surface area contributed by atoms with Gasteiger partial charge in [0.2, 0.25) is 0 Å². The van der Waals surface area contributed by atoms with Gasteiger partial charge in [-0.25, -0.2) is 0 Å². The van der Waals surface area contributed by atoms with E-state index in [0.29, 0.717) is 16.1 Å². The van der Waals surface area contributed by atoms with Crippen LogP contribution in [0.3, 0.4) is 0 Å². The number of hydrogen-bond donors (Lipinski definition) is 1. The molecule has 4 aromatic rings. The van der Waals surface area contributed by atoms with Crippen molar-refractivity contribution in [1.82, 2.24) is 0 Å². The number of benzene rings is 3. The van der Waals surface area contributed by atoms with Gasteiger partial charge in [0.15, 0.2) is 11.2 Å². The Kier molecular flexibility index (Phi) is 4.79. The number of rotatable bonds is 3. The maximum atomic E-state index is 13.4. The summed E-state index contributed by atoms with van der Waals surface area (Å²) in [7, 11) is 0. The molecule has 7 heteroatoms. The molecule has 0 saturated heterocycles. The lowest BCUT2D eigenvalue weighted by Crippen LogP contribution is -2.26. The van der Waals surface area contributed by atoms with Gasteiger partial charge in [-0.1, -0.05) is 41.9 Å². The van der Waals surface area contributed by atoms with Gasteiger partial charge in [-0.15, -0.1) is 0 Å². The van der Waals surface area contributed by atoms with Crippen LogP contribution in [0.2, 0.25) is 5.02 Å². The van der Waals surface area contributed by atoms with E-state index in [9.17, 15) is 19.5 Å². The molecule has 1 atom stereocenters. The van der Waals surface area contributed by atoms with E-state index in [1.54, 1.807) is 48.5 Å². The van der Waals surface area contributed by atoms with E-state index in [-0.39, 0.29) is 46.0 Å². The van der Waals surface area contributed by atoms with Gasteiger partial charge >= 0.3 is 5.97 Å². The molecular weight excluding hydrogens is 432 g/mol. The second-order valence-corrected chi connectivity index (χ2v) is 7.89. The fraction of sp³-hybridized carbons (Fsp3) is 0.0800. The zero-order valence-electron chi connectivity index (χ0n) is 16.5. The van der Waals surface area contributed by atoms with Crippen LogP contribution in [0.5, 0.6) is 11.5 Å². The van der Waals surface area contributed by atoms with Gasteiger partial charge in [-0.2, -0.15) is 0 Å². The van der Waals surface area contributed by atoms with Crippen LogP contribution in [0.15, 0.2) is 75.9 Å². The van der Waals surface area contributed by atoms with Crippen molar-refractivity contribution < 1.29 is 23.8 Å². The fourth-order valence-corrected chi connectivity index (χ4v) is 4.07. The maximum Gasteiger partial charge on any atom is 0.312 e. The Morgan fingerprint density at radius 2 is 1.72 bits per heavy atom. The number of ether oxygens (including phenoxy) is 1. The highest BCUT2D eigenvalue weighted by Gasteiger charge is 2.37. The van der Waals surface area contributed by atoms with Crippen molar-refractivity contribution in [3.8, 4) is 22.8 Å². The van der Waals surface area contributed by atoms with Crippen LogP contribution in [0.1, 0.15) is 28.3 Å². The minimum Gasteiger partial charge on any atom is -0.507 e. The van der Waals surface area contributed by atoms with Crippen LogP contribution >= 0.6 is 11.6 Å². The zero-order chi connectivity index (χ0) is 22.4. The van der Waals surface area contributed by atoms with Crippen LogP contribution < -0.4 is 10.2 Å². The second-order valence-electron chi connectivity index (χ2n) is 7.45. The summed E-state index contributed by atoms with van der Waals surface area (Å²) in [5.41, 5.74) is 0.804. The summed E-state index contributed by atoms with van der Waals surface area (Å²) in [5, 5.41) is 10.9. The summed E-state index contributed by atoms with van der Waals surface area (Å²) in [6.45, 7) is 0. The van der Waals surface area contributed by atoms with E-state index >= 15 is 0 Å². The number of halogens is 1. The molecule has 1 aromatic heterocycles. The number of phenols is 1. The van der Waals surface area contributed by atoms with E-state index < -0.39 is 17.3 Å². The lowest BCUT2D eigenvalue weighted by atomic mass is 9.84. The largest absolute Gasteiger partial charge is 0.507 e. The summed E-state index contributed by atoms with van der Waals surface area (Å²) >= 11 is 5.93. The highest BCUT2D eigenvalue weighted by molar-refractivity contribution is 6.30. The van der Waals surface area contributed by atoms with Crippen molar-refractivity contribution in [3.05, 3.63) is 93.1 Å². The van der Waals surface area contributed by atoms with E-state index in [1.165, 1.54) is 12.1 Å². The monoisotopic (exact) mass is 446 g/mol. The molecule has 3 aromatic carbocycles. The Labute approximate surface area is 186 Å². The Morgan fingerprint density at radius 3 is 2.44 bits per heavy atom. The average molecular weight is 447 g/mol. The molecule has 158 valence electrons. The Hall–Kier alpha value is -3.90. The predicted molar refractivity (Wildman–Crippen MR) is 118 cm³/mol. The topological polar surface area (TPSA) is 93.8 Å². The molecule has 0 fully saturated rings. The van der Waals surface area contributed by atoms with Crippen molar-refractivity contribution in [1.29, 1.82) is 0 Å². The van der Waals surface area contributed by atoms with Crippen LogP contribution in [-0.4, -0.2) is 16.9 Å². The lowest BCUT2D eigenvalue weighted by Gasteiger charge is -2.25. The van der Waals surface area contributed by atoms with Crippen molar-refractivity contribution >= 4 is 34.3 Å². The molecular formula is C25H15ClO6. The smallest absolute Gasteiger partial charge is 0.312 e. The Bertz CT molecular complexity index is 1440. The minimum absolute atomic E-state index is 0.00748. The number of esters is 1. The number of fused-ring (bicyclic) bond motifs is 3. The number of aromatic hydroxyl groups is 1. The molecule has 0 radical (unpaired) electrons. The maximum absolute atomic E-state index is 13.4. The molecule has 0 bridgehead atoms. The minimum atomic E-state index is -0.954. The molecule has 1 aliphatic heterocycles. The lowest BCUT2D eigenvalue weighted by molar-refractivity contribution is -0.135. The van der Waals surface area contributed by atoms with Crippen molar-refractivity contribution in [3.63, 3.8) is 0 Å². The van der Waals surface area contributed by atoms with Crippen molar-refractivity contribution in [2.24, 2.45) is 0 Å². The summed E-state index contributed by atoms with van der Waals surface area (Å²) < 4.78 is 11.4. The molecule has 5 rings (SSSR count). The molecule has 2 heterocycles. The van der Waals surface area contributed by atoms with Crippen LogP contribution in [0.25, 0.3) is 22.3 Å². The second kappa shape index (κ2) is 7.66. The van der Waals surface area contributed by atoms with Crippen LogP contribution in [0, 0.1) is 0 Å².